The van der Waals surface area contributed by atoms with Gasteiger partial charge in [0.15, 0.2) is 0 Å². The first-order valence-electron chi connectivity index (χ1n) is 7.97. The number of aliphatic carboxylic acids is 1. The van der Waals surface area contributed by atoms with Crippen LogP contribution >= 0.6 is 11.3 Å². The van der Waals surface area contributed by atoms with Crippen molar-refractivity contribution >= 4 is 33.4 Å². The summed E-state index contributed by atoms with van der Waals surface area (Å²) in [5, 5.41) is 11.1. The van der Waals surface area contributed by atoms with Crippen LogP contribution in [-0.2, 0) is 16.1 Å². The molecule has 1 fully saturated rings. The van der Waals surface area contributed by atoms with Crippen LogP contribution in [-0.4, -0.2) is 44.5 Å². The highest BCUT2D eigenvalue weighted by molar-refractivity contribution is 7.16. The van der Waals surface area contributed by atoms with Gasteiger partial charge in [0.2, 0.25) is 5.91 Å². The Bertz CT molecular complexity index is 813. The first-order chi connectivity index (χ1) is 11.5. The molecule has 3 heterocycles. The molecule has 0 aliphatic carbocycles. The SMILES string of the molecule is O=C(O)CCC1CCCN(C(=O)Cn2cnc3sccc3c2=O)C1. The molecule has 7 nitrogen and oxygen atoms in total. The van der Waals surface area contributed by atoms with Gasteiger partial charge in [-0.15, -0.1) is 11.3 Å². The van der Waals surface area contributed by atoms with E-state index in [4.69, 9.17) is 5.11 Å². The molecule has 1 atom stereocenters. The third-order valence-corrected chi connectivity index (χ3v) is 5.21. The van der Waals surface area contributed by atoms with Crippen LogP contribution in [0.25, 0.3) is 10.2 Å². The number of carboxylic acids is 1. The van der Waals surface area contributed by atoms with Gasteiger partial charge in [-0.3, -0.25) is 19.0 Å². The van der Waals surface area contributed by atoms with E-state index in [1.54, 1.807) is 11.0 Å². The lowest BCUT2D eigenvalue weighted by molar-refractivity contribution is -0.137. The molecule has 1 saturated heterocycles. The summed E-state index contributed by atoms with van der Waals surface area (Å²) in [4.78, 5) is 42.2. The molecule has 1 aliphatic rings. The number of fused-ring (bicyclic) bond motifs is 1. The number of hydrogen-bond acceptors (Lipinski definition) is 5. The Kier molecular flexibility index (Phi) is 4.94. The molecule has 0 bridgehead atoms. The van der Waals surface area contributed by atoms with E-state index >= 15 is 0 Å². The molecule has 3 rings (SSSR count). The number of carboxylic acid groups (broad SMARTS) is 1. The number of carbonyl (C=O) groups excluding carboxylic acids is 1. The maximum absolute atomic E-state index is 12.5. The molecule has 1 amide bonds. The van der Waals surface area contributed by atoms with Crippen molar-refractivity contribution < 1.29 is 14.7 Å². The highest BCUT2D eigenvalue weighted by atomic mass is 32.1. The van der Waals surface area contributed by atoms with Crippen LogP contribution in [0, 0.1) is 5.92 Å². The van der Waals surface area contributed by atoms with Gasteiger partial charge in [0.1, 0.15) is 11.4 Å². The largest absolute Gasteiger partial charge is 0.481 e. The number of nitrogens with zero attached hydrogens (tertiary/aromatic N) is 3. The zero-order chi connectivity index (χ0) is 17.1. The van der Waals surface area contributed by atoms with Crippen molar-refractivity contribution in [3.05, 3.63) is 28.1 Å². The lowest BCUT2D eigenvalue weighted by Crippen LogP contribution is -2.42. The van der Waals surface area contributed by atoms with Gasteiger partial charge in [-0.05, 0) is 36.6 Å². The quantitative estimate of drug-likeness (QED) is 0.884. The molecule has 0 radical (unpaired) electrons. The third kappa shape index (κ3) is 3.64. The Balaban J connectivity index is 1.66. The molecule has 24 heavy (non-hydrogen) atoms. The normalized spacial score (nSPS) is 18.0. The molecule has 8 heteroatoms. The summed E-state index contributed by atoms with van der Waals surface area (Å²) in [5.41, 5.74) is -0.200. The summed E-state index contributed by atoms with van der Waals surface area (Å²) < 4.78 is 1.35. The molecule has 1 N–H and O–H groups in total. The number of hydrogen-bond donors (Lipinski definition) is 1. The predicted molar refractivity (Wildman–Crippen MR) is 90.1 cm³/mol. The summed E-state index contributed by atoms with van der Waals surface area (Å²) in [7, 11) is 0. The molecule has 1 unspecified atom stereocenters. The minimum atomic E-state index is -0.805. The van der Waals surface area contributed by atoms with Crippen LogP contribution in [0.15, 0.2) is 22.6 Å². The van der Waals surface area contributed by atoms with Crippen molar-refractivity contribution in [2.24, 2.45) is 5.92 Å². The number of likely N-dealkylation sites (tertiary alicyclic amines) is 1. The summed E-state index contributed by atoms with van der Waals surface area (Å²) >= 11 is 1.40. The third-order valence-electron chi connectivity index (χ3n) is 4.39. The van der Waals surface area contributed by atoms with Crippen molar-refractivity contribution in [2.75, 3.05) is 13.1 Å². The van der Waals surface area contributed by atoms with Gasteiger partial charge in [0.25, 0.3) is 5.56 Å². The lowest BCUT2D eigenvalue weighted by Gasteiger charge is -2.32. The van der Waals surface area contributed by atoms with Crippen LogP contribution in [0.3, 0.4) is 0 Å². The number of aromatic nitrogens is 2. The number of thiophene rings is 1. The first kappa shape index (κ1) is 16.6. The van der Waals surface area contributed by atoms with E-state index in [2.05, 4.69) is 4.98 Å². The summed E-state index contributed by atoms with van der Waals surface area (Å²) in [6.07, 6.45) is 3.95. The van der Waals surface area contributed by atoms with Crippen LogP contribution in [0.1, 0.15) is 25.7 Å². The number of rotatable bonds is 5. The summed E-state index contributed by atoms with van der Waals surface area (Å²) in [6, 6.07) is 1.72. The molecule has 1 aliphatic heterocycles. The standard InChI is InChI=1S/C16H19N3O4S/c20-13(18-6-1-2-11(8-18)3-4-14(21)22)9-19-10-17-15-12(16(19)23)5-7-24-15/h5,7,10-11H,1-4,6,8-9H2,(H,21,22). The Labute approximate surface area is 142 Å². The molecule has 2 aromatic heterocycles. The van der Waals surface area contributed by atoms with Gasteiger partial charge >= 0.3 is 5.97 Å². The van der Waals surface area contributed by atoms with E-state index in [1.165, 1.54) is 22.2 Å². The van der Waals surface area contributed by atoms with E-state index in [0.717, 1.165) is 12.8 Å². The van der Waals surface area contributed by atoms with Crippen LogP contribution in [0.2, 0.25) is 0 Å². The van der Waals surface area contributed by atoms with Gasteiger partial charge in [0.05, 0.1) is 11.7 Å². The minimum absolute atomic E-state index is 0.0245. The molecule has 0 aromatic carbocycles. The molecular weight excluding hydrogens is 330 g/mol. The maximum Gasteiger partial charge on any atom is 0.303 e. The summed E-state index contributed by atoms with van der Waals surface area (Å²) in [5.74, 6) is -0.707. The van der Waals surface area contributed by atoms with E-state index in [-0.39, 0.29) is 30.3 Å². The number of piperidine rings is 1. The molecule has 0 saturated carbocycles. The van der Waals surface area contributed by atoms with Gasteiger partial charge in [0, 0.05) is 19.5 Å². The molecule has 0 spiro atoms. The second kappa shape index (κ2) is 7.12. The topological polar surface area (TPSA) is 92.5 Å². The van der Waals surface area contributed by atoms with Gasteiger partial charge in [-0.25, -0.2) is 4.98 Å². The van der Waals surface area contributed by atoms with E-state index < -0.39 is 5.97 Å². The van der Waals surface area contributed by atoms with Gasteiger partial charge in [-0.1, -0.05) is 0 Å². The first-order valence-corrected chi connectivity index (χ1v) is 8.85. The fourth-order valence-electron chi connectivity index (χ4n) is 3.11. The van der Waals surface area contributed by atoms with Crippen molar-refractivity contribution in [3.63, 3.8) is 0 Å². The zero-order valence-corrected chi connectivity index (χ0v) is 14.0. The highest BCUT2D eigenvalue weighted by Gasteiger charge is 2.24. The average molecular weight is 349 g/mol. The molecule has 2 aromatic rings. The lowest BCUT2D eigenvalue weighted by atomic mass is 9.93. The predicted octanol–water partition coefficient (Wildman–Crippen LogP) is 1.56. The average Bonchev–Trinajstić information content (AvgIpc) is 3.05. The van der Waals surface area contributed by atoms with E-state index in [0.29, 0.717) is 29.7 Å². The fraction of sp³-hybridized carbons (Fsp3) is 0.500. The van der Waals surface area contributed by atoms with Crippen molar-refractivity contribution in [1.82, 2.24) is 14.5 Å². The highest BCUT2D eigenvalue weighted by Crippen LogP contribution is 2.21. The van der Waals surface area contributed by atoms with Crippen LogP contribution in [0.4, 0.5) is 0 Å². The Morgan fingerprint density at radius 1 is 1.42 bits per heavy atom. The second-order valence-electron chi connectivity index (χ2n) is 6.10. The Hall–Kier alpha value is -2.22. The number of carbonyl (C=O) groups is 2. The van der Waals surface area contributed by atoms with Crippen LogP contribution in [0.5, 0.6) is 0 Å². The van der Waals surface area contributed by atoms with E-state index in [9.17, 15) is 14.4 Å². The van der Waals surface area contributed by atoms with Gasteiger partial charge < -0.3 is 10.0 Å². The smallest absolute Gasteiger partial charge is 0.303 e. The fourth-order valence-corrected chi connectivity index (χ4v) is 3.83. The van der Waals surface area contributed by atoms with Gasteiger partial charge in [-0.2, -0.15) is 0 Å². The summed E-state index contributed by atoms with van der Waals surface area (Å²) in [6.45, 7) is 1.20. The van der Waals surface area contributed by atoms with Crippen LogP contribution < -0.4 is 5.56 Å². The number of amides is 1. The Morgan fingerprint density at radius 2 is 2.25 bits per heavy atom. The van der Waals surface area contributed by atoms with Crippen molar-refractivity contribution in [2.45, 2.75) is 32.2 Å². The Morgan fingerprint density at radius 3 is 3.04 bits per heavy atom. The zero-order valence-electron chi connectivity index (χ0n) is 13.2. The van der Waals surface area contributed by atoms with Crippen molar-refractivity contribution in [1.29, 1.82) is 0 Å². The molecule has 128 valence electrons. The van der Waals surface area contributed by atoms with E-state index in [1.807, 2.05) is 5.38 Å². The minimum Gasteiger partial charge on any atom is -0.481 e. The maximum atomic E-state index is 12.5. The van der Waals surface area contributed by atoms with Crippen molar-refractivity contribution in [3.8, 4) is 0 Å². The monoisotopic (exact) mass is 349 g/mol. The second-order valence-corrected chi connectivity index (χ2v) is 6.99. The molecular formula is C16H19N3O4S.